The third-order valence-electron chi connectivity index (χ3n) is 2.39. The van der Waals surface area contributed by atoms with Crippen LogP contribution in [0.5, 0.6) is 0 Å². The first-order valence-electron chi connectivity index (χ1n) is 5.29. The zero-order valence-electron chi connectivity index (χ0n) is 9.66. The van der Waals surface area contributed by atoms with Gasteiger partial charge in [0.15, 0.2) is 0 Å². The van der Waals surface area contributed by atoms with Crippen molar-refractivity contribution in [2.24, 2.45) is 0 Å². The van der Waals surface area contributed by atoms with Gasteiger partial charge in [0, 0.05) is 17.9 Å². The molecule has 0 aliphatic carbocycles. The second kappa shape index (κ2) is 5.85. The van der Waals surface area contributed by atoms with Crippen LogP contribution in [0.1, 0.15) is 25.8 Å². The molecule has 0 fully saturated rings. The maximum atomic E-state index is 11.2. The van der Waals surface area contributed by atoms with Crippen molar-refractivity contribution in [3.05, 3.63) is 30.1 Å². The molecule has 1 aromatic heterocycles. The zero-order valence-corrected chi connectivity index (χ0v) is 10.4. The van der Waals surface area contributed by atoms with Crippen molar-refractivity contribution < 1.29 is 4.79 Å². The Morgan fingerprint density at radius 2 is 2.06 bits per heavy atom. The third kappa shape index (κ3) is 4.62. The molecule has 88 valence electrons. The fourth-order valence-electron chi connectivity index (χ4n) is 1.48. The van der Waals surface area contributed by atoms with E-state index in [1.165, 1.54) is 5.56 Å². The molecular weight excluding hydrogens is 224 g/mol. The molecule has 1 N–H and O–H groups in total. The molecule has 1 heterocycles. The highest BCUT2D eigenvalue weighted by Gasteiger charge is 2.19. The predicted molar refractivity (Wildman–Crippen MR) is 65.5 cm³/mol. The second-order valence-electron chi connectivity index (χ2n) is 4.42. The van der Waals surface area contributed by atoms with Crippen molar-refractivity contribution in [1.29, 1.82) is 0 Å². The predicted octanol–water partition coefficient (Wildman–Crippen LogP) is 2.15. The Morgan fingerprint density at radius 3 is 2.62 bits per heavy atom. The number of alkyl halides is 1. The number of halogens is 1. The van der Waals surface area contributed by atoms with Crippen LogP contribution in [0.4, 0.5) is 0 Å². The molecule has 0 bridgehead atoms. The van der Waals surface area contributed by atoms with E-state index in [0.29, 0.717) is 0 Å². The van der Waals surface area contributed by atoms with Gasteiger partial charge in [-0.05, 0) is 44.4 Å². The molecule has 0 unspecified atom stereocenters. The number of aromatic nitrogens is 1. The van der Waals surface area contributed by atoms with Gasteiger partial charge in [0.2, 0.25) is 5.91 Å². The van der Waals surface area contributed by atoms with Crippen LogP contribution in [0.2, 0.25) is 0 Å². The van der Waals surface area contributed by atoms with Gasteiger partial charge in [-0.15, -0.1) is 11.6 Å². The van der Waals surface area contributed by atoms with Gasteiger partial charge in [-0.3, -0.25) is 9.78 Å². The lowest BCUT2D eigenvalue weighted by Crippen LogP contribution is -2.44. The first kappa shape index (κ1) is 13.0. The Kier molecular flexibility index (Phi) is 4.74. The van der Waals surface area contributed by atoms with E-state index in [9.17, 15) is 4.79 Å². The van der Waals surface area contributed by atoms with Crippen molar-refractivity contribution in [1.82, 2.24) is 10.3 Å². The molecule has 3 nitrogen and oxygen atoms in total. The summed E-state index contributed by atoms with van der Waals surface area (Å²) < 4.78 is 0. The standard InChI is InChI=1S/C12H17ClN2O/c1-12(2,15-11(16)9-13)6-3-10-4-7-14-8-5-10/h4-5,7-8H,3,6,9H2,1-2H3,(H,15,16). The van der Waals surface area contributed by atoms with Crippen LogP contribution in [0.15, 0.2) is 24.5 Å². The van der Waals surface area contributed by atoms with Gasteiger partial charge in [-0.1, -0.05) is 0 Å². The van der Waals surface area contributed by atoms with Gasteiger partial charge in [0.25, 0.3) is 0 Å². The van der Waals surface area contributed by atoms with Crippen LogP contribution in [0, 0.1) is 0 Å². The van der Waals surface area contributed by atoms with Crippen molar-refractivity contribution >= 4 is 17.5 Å². The molecule has 0 aromatic carbocycles. The molecule has 16 heavy (non-hydrogen) atoms. The average Bonchev–Trinajstić information content (AvgIpc) is 2.27. The van der Waals surface area contributed by atoms with Crippen molar-refractivity contribution in [2.75, 3.05) is 5.88 Å². The van der Waals surface area contributed by atoms with Crippen LogP contribution in [0.25, 0.3) is 0 Å². The van der Waals surface area contributed by atoms with E-state index in [0.717, 1.165) is 12.8 Å². The van der Waals surface area contributed by atoms with E-state index >= 15 is 0 Å². The molecule has 0 atom stereocenters. The van der Waals surface area contributed by atoms with Crippen LogP contribution in [-0.2, 0) is 11.2 Å². The summed E-state index contributed by atoms with van der Waals surface area (Å²) in [4.78, 5) is 15.1. The first-order valence-corrected chi connectivity index (χ1v) is 5.83. The molecule has 1 aromatic rings. The minimum atomic E-state index is -0.227. The Labute approximate surface area is 101 Å². The van der Waals surface area contributed by atoms with Gasteiger partial charge in [0.1, 0.15) is 5.88 Å². The number of pyridine rings is 1. The number of nitrogens with zero attached hydrogens (tertiary/aromatic N) is 1. The smallest absolute Gasteiger partial charge is 0.235 e. The summed E-state index contributed by atoms with van der Waals surface area (Å²) in [5.41, 5.74) is 0.998. The number of amides is 1. The van der Waals surface area contributed by atoms with E-state index < -0.39 is 0 Å². The molecule has 0 saturated carbocycles. The molecule has 1 rings (SSSR count). The van der Waals surface area contributed by atoms with E-state index in [1.807, 2.05) is 26.0 Å². The first-order chi connectivity index (χ1) is 7.53. The highest BCUT2D eigenvalue weighted by Crippen LogP contribution is 2.13. The maximum Gasteiger partial charge on any atom is 0.235 e. The molecule has 1 amide bonds. The van der Waals surface area contributed by atoms with Crippen LogP contribution in [-0.4, -0.2) is 22.3 Å². The van der Waals surface area contributed by atoms with Gasteiger partial charge in [0.05, 0.1) is 0 Å². The number of rotatable bonds is 5. The van der Waals surface area contributed by atoms with E-state index in [4.69, 9.17) is 11.6 Å². The Balaban J connectivity index is 2.44. The highest BCUT2D eigenvalue weighted by atomic mass is 35.5. The summed E-state index contributed by atoms with van der Waals surface area (Å²) in [7, 11) is 0. The largest absolute Gasteiger partial charge is 0.350 e. The molecular formula is C12H17ClN2O. The summed E-state index contributed by atoms with van der Waals surface area (Å²) >= 11 is 5.45. The fourth-order valence-corrected chi connectivity index (χ4v) is 1.55. The monoisotopic (exact) mass is 240 g/mol. The lowest BCUT2D eigenvalue weighted by atomic mass is 9.95. The summed E-state index contributed by atoms with van der Waals surface area (Å²) in [5, 5.41) is 2.89. The SMILES string of the molecule is CC(C)(CCc1ccncc1)NC(=O)CCl. The Bertz CT molecular complexity index is 338. The van der Waals surface area contributed by atoms with Crippen LogP contribution in [0.3, 0.4) is 0 Å². The van der Waals surface area contributed by atoms with Crippen molar-refractivity contribution in [2.45, 2.75) is 32.2 Å². The van der Waals surface area contributed by atoms with Crippen LogP contribution >= 0.6 is 11.6 Å². The van der Waals surface area contributed by atoms with Crippen LogP contribution < -0.4 is 5.32 Å². The maximum absolute atomic E-state index is 11.2. The number of hydrogen-bond donors (Lipinski definition) is 1. The normalized spacial score (nSPS) is 11.2. The highest BCUT2D eigenvalue weighted by molar-refractivity contribution is 6.27. The van der Waals surface area contributed by atoms with Gasteiger partial charge in [-0.2, -0.15) is 0 Å². The Morgan fingerprint density at radius 1 is 1.44 bits per heavy atom. The van der Waals surface area contributed by atoms with E-state index in [2.05, 4.69) is 10.3 Å². The summed E-state index contributed by atoms with van der Waals surface area (Å²) in [6, 6.07) is 3.97. The summed E-state index contributed by atoms with van der Waals surface area (Å²) in [6.07, 6.45) is 5.34. The Hall–Kier alpha value is -1.09. The minimum Gasteiger partial charge on any atom is -0.350 e. The summed E-state index contributed by atoms with van der Waals surface area (Å²) in [6.45, 7) is 4.00. The van der Waals surface area contributed by atoms with Crippen molar-refractivity contribution in [3.63, 3.8) is 0 Å². The lowest BCUT2D eigenvalue weighted by molar-refractivity contribution is -0.120. The second-order valence-corrected chi connectivity index (χ2v) is 4.69. The molecule has 0 radical (unpaired) electrons. The number of nitrogens with one attached hydrogen (secondary N) is 1. The quantitative estimate of drug-likeness (QED) is 0.802. The molecule has 4 heteroatoms. The fraction of sp³-hybridized carbons (Fsp3) is 0.500. The van der Waals surface area contributed by atoms with E-state index in [-0.39, 0.29) is 17.3 Å². The molecule has 0 saturated heterocycles. The number of hydrogen-bond acceptors (Lipinski definition) is 2. The van der Waals surface area contributed by atoms with Crippen molar-refractivity contribution in [3.8, 4) is 0 Å². The van der Waals surface area contributed by atoms with Gasteiger partial charge < -0.3 is 5.32 Å². The minimum absolute atomic E-state index is 0.0126. The topological polar surface area (TPSA) is 42.0 Å². The third-order valence-corrected chi connectivity index (χ3v) is 2.63. The molecule has 0 aliphatic rings. The van der Waals surface area contributed by atoms with E-state index in [1.54, 1.807) is 12.4 Å². The molecule has 0 spiro atoms. The number of carbonyl (C=O) groups excluding carboxylic acids is 1. The van der Waals surface area contributed by atoms with Gasteiger partial charge >= 0.3 is 0 Å². The lowest BCUT2D eigenvalue weighted by Gasteiger charge is -2.25. The zero-order chi connectivity index (χ0) is 12.0. The molecule has 0 aliphatic heterocycles. The number of carbonyl (C=O) groups is 1. The van der Waals surface area contributed by atoms with Gasteiger partial charge in [-0.25, -0.2) is 0 Å². The number of aryl methyl sites for hydroxylation is 1. The summed E-state index contributed by atoms with van der Waals surface area (Å²) in [5.74, 6) is -0.111. The average molecular weight is 241 g/mol.